The summed E-state index contributed by atoms with van der Waals surface area (Å²) in [5.41, 5.74) is 8.81. The fourth-order valence-electron chi connectivity index (χ4n) is 5.07. The molecule has 1 saturated heterocycles. The lowest BCUT2D eigenvalue weighted by Gasteiger charge is -2.38. The number of fused-ring (bicyclic) bond motifs is 1. The summed E-state index contributed by atoms with van der Waals surface area (Å²) in [5, 5.41) is 7.32. The third-order valence-corrected chi connectivity index (χ3v) is 6.83. The van der Waals surface area contributed by atoms with Crippen molar-refractivity contribution in [1.82, 2.24) is 19.5 Å². The third kappa shape index (κ3) is 5.74. The number of anilines is 3. The number of rotatable bonds is 7. The normalized spacial score (nSPS) is 14.8. The van der Waals surface area contributed by atoms with Gasteiger partial charge >= 0.3 is 6.09 Å². The Kier molecular flexibility index (Phi) is 7.77. The number of amides is 1. The van der Waals surface area contributed by atoms with Crippen LogP contribution < -0.4 is 20.7 Å². The highest BCUT2D eigenvalue weighted by Crippen LogP contribution is 2.38. The van der Waals surface area contributed by atoms with Gasteiger partial charge < -0.3 is 25.0 Å². The third-order valence-electron chi connectivity index (χ3n) is 6.83. The van der Waals surface area contributed by atoms with E-state index in [1.165, 1.54) is 6.33 Å². The van der Waals surface area contributed by atoms with Crippen LogP contribution in [-0.4, -0.2) is 70.5 Å². The van der Waals surface area contributed by atoms with E-state index in [0.717, 1.165) is 61.5 Å². The fraction of sp³-hybridized carbons (Fsp3) is 0.519. The van der Waals surface area contributed by atoms with Gasteiger partial charge in [-0.3, -0.25) is 5.32 Å². The topological polar surface area (TPSA) is 110 Å². The number of ether oxygens (including phenoxy) is 2. The minimum absolute atomic E-state index is 0.407. The van der Waals surface area contributed by atoms with Crippen LogP contribution in [0.1, 0.15) is 47.5 Å². The molecule has 0 unspecified atom stereocenters. The van der Waals surface area contributed by atoms with E-state index in [2.05, 4.69) is 45.1 Å². The van der Waals surface area contributed by atoms with Crippen LogP contribution in [0.2, 0.25) is 0 Å². The molecule has 3 aromatic rings. The number of hydrogen-bond donors (Lipinski definition) is 2. The zero-order valence-electron chi connectivity index (χ0n) is 22.7. The first-order chi connectivity index (χ1) is 17.6. The van der Waals surface area contributed by atoms with E-state index in [4.69, 9.17) is 15.2 Å². The lowest BCUT2D eigenvalue weighted by atomic mass is 10.0. The smallest absolute Gasteiger partial charge is 0.412 e. The summed E-state index contributed by atoms with van der Waals surface area (Å²) in [6.45, 7) is 13.9. The highest BCUT2D eigenvalue weighted by atomic mass is 16.6. The summed E-state index contributed by atoms with van der Waals surface area (Å²) in [6, 6.07) is 8.33. The summed E-state index contributed by atoms with van der Waals surface area (Å²) < 4.78 is 12.9. The predicted octanol–water partition coefficient (Wildman–Crippen LogP) is 4.64. The van der Waals surface area contributed by atoms with Crippen LogP contribution in [-0.2, 0) is 4.74 Å². The average Bonchev–Trinajstić information content (AvgIpc) is 3.25. The Morgan fingerprint density at radius 3 is 2.51 bits per heavy atom. The average molecular weight is 510 g/mol. The Morgan fingerprint density at radius 2 is 1.89 bits per heavy atom. The largest absolute Gasteiger partial charge is 0.495 e. The minimum Gasteiger partial charge on any atom is -0.495 e. The molecule has 3 heterocycles. The van der Waals surface area contributed by atoms with Gasteiger partial charge in [-0.1, -0.05) is 19.9 Å². The van der Waals surface area contributed by atoms with Gasteiger partial charge in [-0.25, -0.2) is 14.3 Å². The molecule has 1 aliphatic rings. The van der Waals surface area contributed by atoms with Crippen molar-refractivity contribution < 1.29 is 14.3 Å². The molecular weight excluding hydrogens is 470 g/mol. The SMILES string of the molecule is CCN(CC)C1CCN(c2cc(-c3ccc(NC(=O)OC(C)(C)C)c(OC)c3)c3c(N)ncnn23)CC1. The molecule has 10 nitrogen and oxygen atoms in total. The number of nitrogens with two attached hydrogens (primary N) is 1. The van der Waals surface area contributed by atoms with Crippen LogP contribution in [0, 0.1) is 0 Å². The second-order valence-electron chi connectivity index (χ2n) is 10.3. The first kappa shape index (κ1) is 26.5. The van der Waals surface area contributed by atoms with Crippen molar-refractivity contribution in [3.63, 3.8) is 0 Å². The summed E-state index contributed by atoms with van der Waals surface area (Å²) in [7, 11) is 1.57. The van der Waals surface area contributed by atoms with Gasteiger partial charge in [0.2, 0.25) is 0 Å². The number of benzene rings is 1. The quantitative estimate of drug-likeness (QED) is 0.474. The van der Waals surface area contributed by atoms with E-state index in [1.54, 1.807) is 13.2 Å². The Balaban J connectivity index is 1.66. The van der Waals surface area contributed by atoms with Crippen LogP contribution >= 0.6 is 0 Å². The monoisotopic (exact) mass is 509 g/mol. The van der Waals surface area contributed by atoms with Gasteiger partial charge in [0.1, 0.15) is 29.0 Å². The number of hydrogen-bond acceptors (Lipinski definition) is 8. The molecular formula is C27H39N7O3. The molecule has 0 atom stereocenters. The molecule has 200 valence electrons. The second kappa shape index (κ2) is 10.8. The summed E-state index contributed by atoms with van der Waals surface area (Å²) in [6.07, 6.45) is 3.15. The standard InChI is InChI=1S/C27H39N7O3/c1-7-32(8-2)19-11-13-33(14-12-19)23-16-20(24-25(28)29-17-30-34(23)24)18-9-10-21(22(15-18)36-6)31-26(35)37-27(3,4)5/h9-10,15-17,19H,7-8,11-14H2,1-6H3,(H,31,35)(H2,28,29,30). The fourth-order valence-corrected chi connectivity index (χ4v) is 5.07. The molecule has 37 heavy (non-hydrogen) atoms. The van der Waals surface area contributed by atoms with E-state index < -0.39 is 11.7 Å². The second-order valence-corrected chi connectivity index (χ2v) is 10.3. The van der Waals surface area contributed by atoms with E-state index in [0.29, 0.717) is 23.3 Å². The maximum Gasteiger partial charge on any atom is 0.412 e. The molecule has 0 bridgehead atoms. The van der Waals surface area contributed by atoms with Gasteiger partial charge in [-0.2, -0.15) is 5.10 Å². The summed E-state index contributed by atoms with van der Waals surface area (Å²) in [5.74, 6) is 1.91. The number of nitrogens with zero attached hydrogens (tertiary/aromatic N) is 5. The van der Waals surface area contributed by atoms with Crippen LogP contribution in [0.15, 0.2) is 30.6 Å². The maximum atomic E-state index is 12.3. The van der Waals surface area contributed by atoms with Gasteiger partial charge in [0.05, 0.1) is 12.8 Å². The molecule has 4 rings (SSSR count). The van der Waals surface area contributed by atoms with Gasteiger partial charge in [0.15, 0.2) is 5.82 Å². The Bertz CT molecular complexity index is 1240. The number of nitrogens with one attached hydrogen (secondary N) is 1. The zero-order chi connectivity index (χ0) is 26.7. The van der Waals surface area contributed by atoms with Crippen molar-refractivity contribution in [2.75, 3.05) is 49.2 Å². The Hall–Kier alpha value is -3.53. The van der Waals surface area contributed by atoms with Crippen molar-refractivity contribution in [1.29, 1.82) is 0 Å². The van der Waals surface area contributed by atoms with Crippen molar-refractivity contribution >= 4 is 28.9 Å². The van der Waals surface area contributed by atoms with Gasteiger partial charge in [0.25, 0.3) is 0 Å². The minimum atomic E-state index is -0.601. The van der Waals surface area contributed by atoms with Crippen LogP contribution in [0.25, 0.3) is 16.6 Å². The number of carbonyl (C=O) groups excluding carboxylic acids is 1. The van der Waals surface area contributed by atoms with Crippen LogP contribution in [0.5, 0.6) is 5.75 Å². The molecule has 1 aromatic carbocycles. The van der Waals surface area contributed by atoms with Crippen LogP contribution in [0.3, 0.4) is 0 Å². The number of carbonyl (C=O) groups is 1. The summed E-state index contributed by atoms with van der Waals surface area (Å²) in [4.78, 5) is 21.5. The zero-order valence-corrected chi connectivity index (χ0v) is 22.7. The molecule has 2 aromatic heterocycles. The molecule has 1 aliphatic heterocycles. The number of piperidine rings is 1. The van der Waals surface area contributed by atoms with Crippen molar-refractivity contribution in [2.24, 2.45) is 0 Å². The van der Waals surface area contributed by atoms with E-state index in [1.807, 2.05) is 37.4 Å². The number of methoxy groups -OCH3 is 1. The van der Waals surface area contributed by atoms with Crippen molar-refractivity contribution in [3.8, 4) is 16.9 Å². The number of nitrogen functional groups attached to an aromatic ring is 1. The Labute approximate surface area is 218 Å². The van der Waals surface area contributed by atoms with Gasteiger partial charge in [-0.15, -0.1) is 0 Å². The maximum absolute atomic E-state index is 12.3. The van der Waals surface area contributed by atoms with Crippen molar-refractivity contribution in [2.45, 2.75) is 59.1 Å². The van der Waals surface area contributed by atoms with E-state index in [-0.39, 0.29) is 0 Å². The molecule has 0 spiro atoms. The van der Waals surface area contributed by atoms with E-state index >= 15 is 0 Å². The highest BCUT2D eigenvalue weighted by Gasteiger charge is 2.27. The van der Waals surface area contributed by atoms with Crippen molar-refractivity contribution in [3.05, 3.63) is 30.6 Å². The number of aromatic nitrogens is 3. The molecule has 0 aliphatic carbocycles. The Morgan fingerprint density at radius 1 is 1.19 bits per heavy atom. The van der Waals surface area contributed by atoms with Crippen LogP contribution in [0.4, 0.5) is 22.1 Å². The molecule has 0 saturated carbocycles. The summed E-state index contributed by atoms with van der Waals surface area (Å²) >= 11 is 0. The van der Waals surface area contributed by atoms with Gasteiger partial charge in [-0.05, 0) is 70.5 Å². The predicted molar refractivity (Wildman–Crippen MR) is 147 cm³/mol. The molecule has 0 radical (unpaired) electrons. The molecule has 10 heteroatoms. The molecule has 1 amide bonds. The van der Waals surface area contributed by atoms with E-state index in [9.17, 15) is 4.79 Å². The lowest BCUT2D eigenvalue weighted by Crippen LogP contribution is -2.45. The lowest BCUT2D eigenvalue weighted by molar-refractivity contribution is 0.0635. The highest BCUT2D eigenvalue weighted by molar-refractivity contribution is 5.93. The molecule has 1 fully saturated rings. The first-order valence-corrected chi connectivity index (χ1v) is 12.9. The van der Waals surface area contributed by atoms with Gasteiger partial charge in [0, 0.05) is 24.7 Å². The molecule has 3 N–H and O–H groups in total. The first-order valence-electron chi connectivity index (χ1n) is 12.9.